The second kappa shape index (κ2) is 9.24. The van der Waals surface area contributed by atoms with Gasteiger partial charge in [-0.1, -0.05) is 48.5 Å². The van der Waals surface area contributed by atoms with Crippen molar-refractivity contribution in [1.29, 1.82) is 0 Å². The van der Waals surface area contributed by atoms with Gasteiger partial charge in [0, 0.05) is 20.5 Å². The molecule has 3 aromatic carbocycles. The largest absolute Gasteiger partial charge is 0.497 e. The van der Waals surface area contributed by atoms with Gasteiger partial charge in [0.1, 0.15) is 5.75 Å². The van der Waals surface area contributed by atoms with Crippen molar-refractivity contribution < 1.29 is 14.3 Å². The van der Waals surface area contributed by atoms with E-state index in [0.29, 0.717) is 6.54 Å². The third-order valence-electron chi connectivity index (χ3n) is 4.92. The maximum Gasteiger partial charge on any atom is 0.225 e. The highest BCUT2D eigenvalue weighted by atomic mass is 16.5. The topological polar surface area (TPSA) is 58.6 Å². The standard InChI is InChI=1S/C24H26N2O3/c1-17(27)25-23(19-7-5-4-6-8-19)15-24(28)26(2)16-18-9-10-21-14-22(29-3)12-11-20(21)13-18/h4-14,23H,15-16H2,1-3H3,(H,25,27)/t23-/m1/s1. The van der Waals surface area contributed by atoms with E-state index in [1.807, 2.05) is 60.7 Å². The van der Waals surface area contributed by atoms with Crippen LogP contribution in [-0.4, -0.2) is 30.9 Å². The highest BCUT2D eigenvalue weighted by Crippen LogP contribution is 2.23. The molecular formula is C24H26N2O3. The van der Waals surface area contributed by atoms with Crippen LogP contribution in [-0.2, 0) is 16.1 Å². The Kier molecular flexibility index (Phi) is 6.50. The molecule has 0 fully saturated rings. The summed E-state index contributed by atoms with van der Waals surface area (Å²) in [5.74, 6) is 0.643. The minimum Gasteiger partial charge on any atom is -0.497 e. The van der Waals surface area contributed by atoms with Crippen LogP contribution in [0.15, 0.2) is 66.7 Å². The van der Waals surface area contributed by atoms with E-state index in [2.05, 4.69) is 11.4 Å². The van der Waals surface area contributed by atoms with E-state index < -0.39 is 0 Å². The van der Waals surface area contributed by atoms with Crippen molar-refractivity contribution >= 4 is 22.6 Å². The molecule has 0 saturated carbocycles. The summed E-state index contributed by atoms with van der Waals surface area (Å²) < 4.78 is 5.27. The molecule has 0 radical (unpaired) electrons. The molecule has 0 aliphatic carbocycles. The van der Waals surface area contributed by atoms with Crippen molar-refractivity contribution in [2.45, 2.75) is 25.9 Å². The van der Waals surface area contributed by atoms with Crippen molar-refractivity contribution in [3.05, 3.63) is 77.9 Å². The van der Waals surface area contributed by atoms with Gasteiger partial charge in [0.15, 0.2) is 0 Å². The second-order valence-corrected chi connectivity index (χ2v) is 7.17. The zero-order valence-electron chi connectivity index (χ0n) is 17.0. The quantitative estimate of drug-likeness (QED) is 0.661. The normalized spacial score (nSPS) is 11.7. The predicted octanol–water partition coefficient (Wildman–Crippen LogP) is 4.07. The van der Waals surface area contributed by atoms with Gasteiger partial charge in [-0.05, 0) is 40.1 Å². The fraction of sp³-hybridized carbons (Fsp3) is 0.250. The third-order valence-corrected chi connectivity index (χ3v) is 4.92. The first kappa shape index (κ1) is 20.4. The van der Waals surface area contributed by atoms with Crippen LogP contribution in [0.25, 0.3) is 10.8 Å². The fourth-order valence-electron chi connectivity index (χ4n) is 3.37. The molecule has 5 heteroatoms. The average molecular weight is 390 g/mol. The Bertz CT molecular complexity index is 1000. The van der Waals surface area contributed by atoms with Crippen LogP contribution in [0.5, 0.6) is 5.75 Å². The summed E-state index contributed by atoms with van der Waals surface area (Å²) in [7, 11) is 3.44. The zero-order valence-corrected chi connectivity index (χ0v) is 17.0. The first-order valence-corrected chi connectivity index (χ1v) is 9.59. The van der Waals surface area contributed by atoms with E-state index in [4.69, 9.17) is 4.74 Å². The number of methoxy groups -OCH3 is 1. The summed E-state index contributed by atoms with van der Waals surface area (Å²) in [5.41, 5.74) is 1.97. The van der Waals surface area contributed by atoms with Crippen LogP contribution in [0.2, 0.25) is 0 Å². The van der Waals surface area contributed by atoms with Crippen LogP contribution in [0, 0.1) is 0 Å². The van der Waals surface area contributed by atoms with E-state index >= 15 is 0 Å². The number of benzene rings is 3. The number of nitrogens with one attached hydrogen (secondary N) is 1. The van der Waals surface area contributed by atoms with Gasteiger partial charge < -0.3 is 15.0 Å². The number of nitrogens with zero attached hydrogens (tertiary/aromatic N) is 1. The summed E-state index contributed by atoms with van der Waals surface area (Å²) in [5, 5.41) is 5.08. The minimum atomic E-state index is -0.340. The lowest BCUT2D eigenvalue weighted by Gasteiger charge is -2.23. The Hall–Kier alpha value is -3.34. The molecule has 0 unspecified atom stereocenters. The van der Waals surface area contributed by atoms with E-state index in [-0.39, 0.29) is 24.3 Å². The molecule has 0 bridgehead atoms. The maximum atomic E-state index is 12.8. The molecule has 0 spiro atoms. The molecule has 1 N–H and O–H groups in total. The summed E-state index contributed by atoms with van der Waals surface area (Å²) in [6.07, 6.45) is 0.213. The van der Waals surface area contributed by atoms with Gasteiger partial charge in [-0.15, -0.1) is 0 Å². The van der Waals surface area contributed by atoms with Crippen LogP contribution in [0.3, 0.4) is 0 Å². The van der Waals surface area contributed by atoms with Gasteiger partial charge in [-0.2, -0.15) is 0 Å². The molecule has 1 atom stereocenters. The summed E-state index contributed by atoms with van der Waals surface area (Å²) in [4.78, 5) is 26.1. The molecule has 29 heavy (non-hydrogen) atoms. The maximum absolute atomic E-state index is 12.8. The molecule has 5 nitrogen and oxygen atoms in total. The van der Waals surface area contributed by atoms with Gasteiger partial charge >= 0.3 is 0 Å². The number of rotatable bonds is 7. The molecule has 0 aliphatic heterocycles. The number of fused-ring (bicyclic) bond motifs is 1. The Labute approximate surface area is 171 Å². The van der Waals surface area contributed by atoms with Crippen molar-refractivity contribution in [2.24, 2.45) is 0 Å². The van der Waals surface area contributed by atoms with Gasteiger partial charge in [0.25, 0.3) is 0 Å². The van der Waals surface area contributed by atoms with Crippen molar-refractivity contribution in [3.63, 3.8) is 0 Å². The SMILES string of the molecule is COc1ccc2cc(CN(C)C(=O)C[C@@H](NC(C)=O)c3ccccc3)ccc2c1. The second-order valence-electron chi connectivity index (χ2n) is 7.17. The number of carbonyl (C=O) groups excluding carboxylic acids is 2. The predicted molar refractivity (Wildman–Crippen MR) is 115 cm³/mol. The molecule has 0 saturated heterocycles. The molecular weight excluding hydrogens is 364 g/mol. The van der Waals surface area contributed by atoms with Crippen LogP contribution in [0.1, 0.15) is 30.5 Å². The number of hydrogen-bond acceptors (Lipinski definition) is 3. The summed E-state index contributed by atoms with van der Waals surface area (Å²) in [6, 6.07) is 21.3. The fourth-order valence-corrected chi connectivity index (χ4v) is 3.37. The van der Waals surface area contributed by atoms with E-state index in [9.17, 15) is 9.59 Å². The first-order chi connectivity index (χ1) is 14.0. The van der Waals surface area contributed by atoms with Gasteiger partial charge in [-0.3, -0.25) is 9.59 Å². The average Bonchev–Trinajstić information content (AvgIpc) is 2.73. The molecule has 0 aliphatic rings. The molecule has 0 aromatic heterocycles. The van der Waals surface area contributed by atoms with Crippen molar-refractivity contribution in [2.75, 3.05) is 14.2 Å². The van der Waals surface area contributed by atoms with E-state index in [1.165, 1.54) is 6.92 Å². The van der Waals surface area contributed by atoms with Crippen molar-refractivity contribution in [3.8, 4) is 5.75 Å². The van der Waals surface area contributed by atoms with Crippen LogP contribution >= 0.6 is 0 Å². The van der Waals surface area contributed by atoms with E-state index in [0.717, 1.165) is 27.6 Å². The Morgan fingerprint density at radius 3 is 2.38 bits per heavy atom. The minimum absolute atomic E-state index is 0.0255. The Balaban J connectivity index is 1.70. The Morgan fingerprint density at radius 2 is 1.69 bits per heavy atom. The molecule has 0 heterocycles. The van der Waals surface area contributed by atoms with Gasteiger partial charge in [-0.25, -0.2) is 0 Å². The highest BCUT2D eigenvalue weighted by molar-refractivity contribution is 5.85. The summed E-state index contributed by atoms with van der Waals surface area (Å²) in [6.45, 7) is 1.97. The first-order valence-electron chi connectivity index (χ1n) is 9.59. The van der Waals surface area contributed by atoms with Crippen LogP contribution < -0.4 is 10.1 Å². The van der Waals surface area contributed by atoms with Crippen LogP contribution in [0.4, 0.5) is 0 Å². The van der Waals surface area contributed by atoms with Gasteiger partial charge in [0.2, 0.25) is 11.8 Å². The molecule has 150 valence electrons. The number of hydrogen-bond donors (Lipinski definition) is 1. The third kappa shape index (κ3) is 5.35. The lowest BCUT2D eigenvalue weighted by atomic mass is 10.0. The zero-order chi connectivity index (χ0) is 20.8. The monoisotopic (exact) mass is 390 g/mol. The lowest BCUT2D eigenvalue weighted by molar-refractivity contribution is -0.131. The number of carbonyl (C=O) groups is 2. The highest BCUT2D eigenvalue weighted by Gasteiger charge is 2.19. The Morgan fingerprint density at radius 1 is 1.00 bits per heavy atom. The smallest absolute Gasteiger partial charge is 0.225 e. The van der Waals surface area contributed by atoms with E-state index in [1.54, 1.807) is 19.1 Å². The molecule has 3 aromatic rings. The number of ether oxygens (including phenoxy) is 1. The van der Waals surface area contributed by atoms with Gasteiger partial charge in [0.05, 0.1) is 19.6 Å². The molecule has 3 rings (SSSR count). The molecule has 2 amide bonds. The summed E-state index contributed by atoms with van der Waals surface area (Å²) >= 11 is 0. The van der Waals surface area contributed by atoms with Crippen molar-refractivity contribution in [1.82, 2.24) is 10.2 Å². The lowest BCUT2D eigenvalue weighted by Crippen LogP contribution is -2.33. The number of amides is 2.